The van der Waals surface area contributed by atoms with Crippen LogP contribution in [0.3, 0.4) is 0 Å². The van der Waals surface area contributed by atoms with Crippen LogP contribution in [0.1, 0.15) is 0 Å². The topological polar surface area (TPSA) is 38.7 Å². The first kappa shape index (κ1) is 15.2. The minimum Gasteiger partial charge on any atom is -0.255 e. The highest BCUT2D eigenvalue weighted by molar-refractivity contribution is 9.11. The van der Waals surface area contributed by atoms with Crippen molar-refractivity contribution in [2.75, 3.05) is 0 Å². The molecule has 3 nitrogen and oxygen atoms in total. The second-order valence-corrected chi connectivity index (χ2v) is 7.62. The summed E-state index contributed by atoms with van der Waals surface area (Å²) in [4.78, 5) is 14.8. The van der Waals surface area contributed by atoms with Crippen molar-refractivity contribution in [3.63, 3.8) is 0 Å². The van der Waals surface area contributed by atoms with E-state index in [2.05, 4.69) is 44.1 Å². The van der Waals surface area contributed by atoms with Crippen LogP contribution in [0.5, 0.6) is 0 Å². The maximum absolute atomic E-state index is 4.72. The summed E-state index contributed by atoms with van der Waals surface area (Å²) in [5, 5.41) is 0. The summed E-state index contributed by atoms with van der Waals surface area (Å²) in [5.74, 6) is 0. The van der Waals surface area contributed by atoms with Crippen LogP contribution in [0.2, 0.25) is 0 Å². The van der Waals surface area contributed by atoms with Crippen molar-refractivity contribution >= 4 is 27.3 Å². The van der Waals surface area contributed by atoms with Gasteiger partial charge < -0.3 is 0 Å². The largest absolute Gasteiger partial charge is 0.255 e. The molecule has 24 heavy (non-hydrogen) atoms. The third-order valence-corrected chi connectivity index (χ3v) is 5.23. The average Bonchev–Trinajstić information content (AvgIpc) is 3.09. The zero-order chi connectivity index (χ0) is 16.4. The fraction of sp³-hybridized carbons (Fsp3) is 0. The van der Waals surface area contributed by atoms with Gasteiger partial charge >= 0.3 is 0 Å². The van der Waals surface area contributed by atoms with E-state index >= 15 is 0 Å². The maximum atomic E-state index is 4.72. The first-order chi connectivity index (χ1) is 11.8. The van der Waals surface area contributed by atoms with E-state index in [9.17, 15) is 0 Å². The van der Waals surface area contributed by atoms with E-state index in [1.165, 1.54) is 4.88 Å². The third-order valence-electron chi connectivity index (χ3n) is 3.56. The molecule has 0 aromatic carbocycles. The van der Waals surface area contributed by atoms with Crippen LogP contribution in [0, 0.1) is 0 Å². The molecule has 0 saturated carbocycles. The maximum Gasteiger partial charge on any atom is 0.0894 e. The van der Waals surface area contributed by atoms with Gasteiger partial charge in [-0.25, -0.2) is 4.98 Å². The van der Waals surface area contributed by atoms with E-state index in [0.29, 0.717) is 0 Å². The Hall–Kier alpha value is -2.37. The second-order valence-electron chi connectivity index (χ2n) is 5.16. The highest BCUT2D eigenvalue weighted by Crippen LogP contribution is 2.32. The molecule has 4 aromatic rings. The van der Waals surface area contributed by atoms with Crippen molar-refractivity contribution in [2.24, 2.45) is 0 Å². The van der Waals surface area contributed by atoms with Crippen molar-refractivity contribution in [2.45, 2.75) is 0 Å². The van der Waals surface area contributed by atoms with E-state index in [1.54, 1.807) is 17.5 Å². The van der Waals surface area contributed by atoms with Crippen molar-refractivity contribution < 1.29 is 0 Å². The number of pyridine rings is 3. The summed E-state index contributed by atoms with van der Waals surface area (Å²) in [6.45, 7) is 0. The van der Waals surface area contributed by atoms with Crippen LogP contribution in [0.15, 0.2) is 76.8 Å². The van der Waals surface area contributed by atoms with Gasteiger partial charge in [0, 0.05) is 17.3 Å². The summed E-state index contributed by atoms with van der Waals surface area (Å²) in [6.07, 6.45) is 3.60. The number of halogens is 1. The smallest absolute Gasteiger partial charge is 0.0894 e. The van der Waals surface area contributed by atoms with Crippen molar-refractivity contribution in [3.05, 3.63) is 76.8 Å². The number of nitrogens with zero attached hydrogens (tertiary/aromatic N) is 3. The monoisotopic (exact) mass is 393 g/mol. The molecule has 4 aromatic heterocycles. The van der Waals surface area contributed by atoms with E-state index in [4.69, 9.17) is 4.98 Å². The number of thiophene rings is 1. The zero-order valence-corrected chi connectivity index (χ0v) is 15.0. The lowest BCUT2D eigenvalue weighted by Gasteiger charge is -2.05. The Morgan fingerprint density at radius 1 is 0.708 bits per heavy atom. The average molecular weight is 394 g/mol. The minimum atomic E-state index is 0.843. The number of hydrogen-bond donors (Lipinski definition) is 0. The Labute approximate surface area is 152 Å². The fourth-order valence-corrected chi connectivity index (χ4v) is 3.81. The molecule has 0 atom stereocenters. The minimum absolute atomic E-state index is 0.843. The second kappa shape index (κ2) is 6.63. The standard InChI is InChI=1S/C19H12BrN3S/c20-19-8-7-18(24-19)13-9-11-22-17(12-13)16-6-3-5-15(23-16)14-4-1-2-10-21-14/h1-12H. The van der Waals surface area contributed by atoms with Crippen LogP contribution < -0.4 is 0 Å². The molecular weight excluding hydrogens is 382 g/mol. The third kappa shape index (κ3) is 3.13. The molecule has 0 amide bonds. The van der Waals surface area contributed by atoms with Crippen LogP contribution in [0.25, 0.3) is 33.2 Å². The number of aromatic nitrogens is 3. The zero-order valence-electron chi connectivity index (χ0n) is 12.6. The van der Waals surface area contributed by atoms with Gasteiger partial charge in [-0.3, -0.25) is 9.97 Å². The predicted molar refractivity (Wildman–Crippen MR) is 102 cm³/mol. The van der Waals surface area contributed by atoms with Crippen LogP contribution in [-0.2, 0) is 0 Å². The Morgan fingerprint density at radius 2 is 1.50 bits per heavy atom. The van der Waals surface area contributed by atoms with Gasteiger partial charge in [0.15, 0.2) is 0 Å². The predicted octanol–water partition coefficient (Wildman–Crippen LogP) is 5.70. The van der Waals surface area contributed by atoms with Gasteiger partial charge in [-0.2, -0.15) is 0 Å². The molecule has 0 aliphatic rings. The lowest BCUT2D eigenvalue weighted by Crippen LogP contribution is -1.91. The molecule has 4 heterocycles. The molecule has 0 radical (unpaired) electrons. The molecule has 0 aliphatic carbocycles. The molecule has 0 aliphatic heterocycles. The van der Waals surface area contributed by atoms with E-state index in [0.717, 1.165) is 32.1 Å². The van der Waals surface area contributed by atoms with E-state index in [-0.39, 0.29) is 0 Å². The van der Waals surface area contributed by atoms with Gasteiger partial charge in [-0.1, -0.05) is 12.1 Å². The lowest BCUT2D eigenvalue weighted by molar-refractivity contribution is 1.22. The number of rotatable bonds is 3. The summed E-state index contributed by atoms with van der Waals surface area (Å²) < 4.78 is 1.12. The van der Waals surface area contributed by atoms with Gasteiger partial charge in [0.25, 0.3) is 0 Å². The van der Waals surface area contributed by atoms with E-state index < -0.39 is 0 Å². The van der Waals surface area contributed by atoms with Crippen molar-refractivity contribution in [1.29, 1.82) is 0 Å². The van der Waals surface area contributed by atoms with Gasteiger partial charge in [0.1, 0.15) is 0 Å². The van der Waals surface area contributed by atoms with Gasteiger partial charge in [0.2, 0.25) is 0 Å². The molecule has 4 rings (SSSR count). The first-order valence-electron chi connectivity index (χ1n) is 7.40. The summed E-state index contributed by atoms with van der Waals surface area (Å²) in [5.41, 5.74) is 4.54. The normalized spacial score (nSPS) is 10.7. The summed E-state index contributed by atoms with van der Waals surface area (Å²) >= 11 is 5.22. The molecule has 0 spiro atoms. The molecule has 0 fully saturated rings. The Balaban J connectivity index is 1.74. The van der Waals surface area contributed by atoms with Crippen LogP contribution in [-0.4, -0.2) is 15.0 Å². The van der Waals surface area contributed by atoms with Crippen LogP contribution >= 0.6 is 27.3 Å². The van der Waals surface area contributed by atoms with Crippen LogP contribution in [0.4, 0.5) is 0 Å². The molecule has 0 bridgehead atoms. The summed E-state index contributed by atoms with van der Waals surface area (Å²) in [7, 11) is 0. The fourth-order valence-electron chi connectivity index (χ4n) is 2.43. The van der Waals surface area contributed by atoms with Gasteiger partial charge in [0.05, 0.1) is 26.6 Å². The molecule has 0 N–H and O–H groups in total. The first-order valence-corrected chi connectivity index (χ1v) is 9.01. The van der Waals surface area contributed by atoms with Gasteiger partial charge in [-0.15, -0.1) is 11.3 Å². The molecule has 5 heteroatoms. The molecule has 116 valence electrons. The molecular formula is C19H12BrN3S. The highest BCUT2D eigenvalue weighted by Gasteiger charge is 2.08. The summed E-state index contributed by atoms with van der Waals surface area (Å²) in [6, 6.07) is 20.0. The molecule has 0 saturated heterocycles. The number of hydrogen-bond acceptors (Lipinski definition) is 4. The lowest BCUT2D eigenvalue weighted by atomic mass is 10.1. The van der Waals surface area contributed by atoms with Crippen molar-refractivity contribution in [1.82, 2.24) is 15.0 Å². The molecule has 0 unspecified atom stereocenters. The SMILES string of the molecule is Brc1ccc(-c2ccnc(-c3cccc(-c4ccccn4)n3)c2)s1. The van der Waals surface area contributed by atoms with E-state index in [1.807, 2.05) is 48.7 Å². The Morgan fingerprint density at radius 3 is 2.25 bits per heavy atom. The van der Waals surface area contributed by atoms with Crippen molar-refractivity contribution in [3.8, 4) is 33.2 Å². The quantitative estimate of drug-likeness (QED) is 0.448. The van der Waals surface area contributed by atoms with Gasteiger partial charge in [-0.05, 0) is 70.0 Å². The highest BCUT2D eigenvalue weighted by atomic mass is 79.9. The Bertz CT molecular complexity index is 983. The Kier molecular flexibility index (Phi) is 4.19.